The summed E-state index contributed by atoms with van der Waals surface area (Å²) in [4.78, 5) is 0. The van der Waals surface area contributed by atoms with Crippen molar-refractivity contribution < 1.29 is 23.7 Å². The summed E-state index contributed by atoms with van der Waals surface area (Å²) in [5.74, 6) is 0. The largest absolute Gasteiger partial charge is 0.375 e. The molecule has 0 aliphatic carbocycles. The van der Waals surface area contributed by atoms with Gasteiger partial charge in [0.15, 0.2) is 6.29 Å². The number of hydrogen-bond donors (Lipinski definition) is 1. The highest BCUT2D eigenvalue weighted by molar-refractivity contribution is 9.10. The molecule has 7 heteroatoms. The van der Waals surface area contributed by atoms with Crippen molar-refractivity contribution in [2.24, 2.45) is 0 Å². The Morgan fingerprint density at radius 3 is 1.47 bits per heavy atom. The third-order valence-corrected chi connectivity index (χ3v) is 8.57. The zero-order chi connectivity index (χ0) is 32.1. The van der Waals surface area contributed by atoms with Crippen LogP contribution in [-0.2, 0) is 50.1 Å². The molecule has 0 bridgehead atoms. The maximum Gasteiger partial charge on any atom is 0.181 e. The van der Waals surface area contributed by atoms with Crippen LogP contribution < -0.4 is 5.32 Å². The summed E-state index contributed by atoms with van der Waals surface area (Å²) in [5, 5.41) is 3.69. The van der Waals surface area contributed by atoms with Gasteiger partial charge in [0.1, 0.15) is 24.4 Å². The molecule has 242 valence electrons. The number of halogens is 1. The van der Waals surface area contributed by atoms with E-state index in [0.29, 0.717) is 33.0 Å². The lowest BCUT2D eigenvalue weighted by atomic mass is 9.95. The number of benzene rings is 5. The fourth-order valence-corrected chi connectivity index (χ4v) is 5.89. The predicted octanol–water partition coefficient (Wildman–Crippen LogP) is 8.56. The van der Waals surface area contributed by atoms with Crippen LogP contribution in [0.2, 0.25) is 0 Å². The van der Waals surface area contributed by atoms with Crippen LogP contribution in [0.5, 0.6) is 0 Å². The zero-order valence-corrected chi connectivity index (χ0v) is 27.8. The van der Waals surface area contributed by atoms with Crippen LogP contribution in [0, 0.1) is 0 Å². The van der Waals surface area contributed by atoms with Crippen molar-refractivity contribution in [3.05, 3.63) is 172 Å². The summed E-state index contributed by atoms with van der Waals surface area (Å²) in [5.41, 5.74) is 5.21. The van der Waals surface area contributed by atoms with E-state index in [0.717, 1.165) is 32.4 Å². The van der Waals surface area contributed by atoms with Crippen molar-refractivity contribution in [3.8, 4) is 0 Å². The van der Waals surface area contributed by atoms with Crippen molar-refractivity contribution in [3.63, 3.8) is 0 Å². The van der Waals surface area contributed by atoms with Crippen LogP contribution >= 0.6 is 15.9 Å². The van der Waals surface area contributed by atoms with E-state index in [1.165, 1.54) is 0 Å². The smallest absolute Gasteiger partial charge is 0.181 e. The van der Waals surface area contributed by atoms with Crippen molar-refractivity contribution in [1.29, 1.82) is 0 Å². The molecule has 1 heterocycles. The highest BCUT2D eigenvalue weighted by atomic mass is 79.9. The topological polar surface area (TPSA) is 58.2 Å². The van der Waals surface area contributed by atoms with Gasteiger partial charge >= 0.3 is 0 Å². The van der Waals surface area contributed by atoms with Crippen LogP contribution in [0.15, 0.2) is 150 Å². The lowest BCUT2D eigenvalue weighted by Crippen LogP contribution is -2.63. The lowest BCUT2D eigenvalue weighted by molar-refractivity contribution is -0.286. The van der Waals surface area contributed by atoms with Crippen LogP contribution in [0.1, 0.15) is 22.3 Å². The van der Waals surface area contributed by atoms with E-state index >= 15 is 0 Å². The van der Waals surface area contributed by atoms with Gasteiger partial charge in [0.25, 0.3) is 0 Å². The Morgan fingerprint density at radius 1 is 0.511 bits per heavy atom. The Kier molecular flexibility index (Phi) is 12.2. The van der Waals surface area contributed by atoms with Gasteiger partial charge in [0.05, 0.1) is 33.0 Å². The average molecular weight is 695 g/mol. The van der Waals surface area contributed by atoms with E-state index in [1.807, 2.05) is 97.1 Å². The number of nitrogens with one attached hydrogen (secondary N) is 1. The predicted molar refractivity (Wildman–Crippen MR) is 188 cm³/mol. The molecule has 0 spiro atoms. The van der Waals surface area contributed by atoms with Crippen LogP contribution in [0.25, 0.3) is 0 Å². The van der Waals surface area contributed by atoms with E-state index in [1.54, 1.807) is 0 Å². The van der Waals surface area contributed by atoms with Crippen LogP contribution in [0.3, 0.4) is 0 Å². The molecule has 47 heavy (non-hydrogen) atoms. The third kappa shape index (κ3) is 9.84. The number of ether oxygens (including phenoxy) is 5. The van der Waals surface area contributed by atoms with Crippen molar-refractivity contribution in [2.75, 3.05) is 11.9 Å². The van der Waals surface area contributed by atoms with Crippen molar-refractivity contribution in [1.82, 2.24) is 0 Å². The van der Waals surface area contributed by atoms with Crippen LogP contribution in [0.4, 0.5) is 5.69 Å². The monoisotopic (exact) mass is 693 g/mol. The molecule has 0 radical (unpaired) electrons. The summed E-state index contributed by atoms with van der Waals surface area (Å²) in [7, 11) is 0. The second-order valence-electron chi connectivity index (χ2n) is 11.5. The summed E-state index contributed by atoms with van der Waals surface area (Å²) in [6.07, 6.45) is -2.06. The molecule has 5 aromatic carbocycles. The average Bonchev–Trinajstić information content (AvgIpc) is 3.12. The molecule has 6 nitrogen and oxygen atoms in total. The quantitative estimate of drug-likeness (QED) is 0.119. The zero-order valence-electron chi connectivity index (χ0n) is 26.2. The molecule has 6 rings (SSSR count). The number of hydrogen-bond acceptors (Lipinski definition) is 6. The molecule has 1 N–H and O–H groups in total. The minimum atomic E-state index is -0.665. The second kappa shape index (κ2) is 17.4. The normalized spacial score (nSPS) is 20.9. The van der Waals surface area contributed by atoms with Gasteiger partial charge < -0.3 is 29.0 Å². The van der Waals surface area contributed by atoms with Gasteiger partial charge in [-0.25, -0.2) is 0 Å². The molecule has 0 amide bonds. The SMILES string of the molecule is Brc1ccc(N[C@H]2[C@H](OCc3ccccc3)O[C@H](COCc3ccccc3)[C@@H](OCc3ccccc3)[C@@H]2OCc2ccccc2)cc1. The Labute approximate surface area is 285 Å². The summed E-state index contributed by atoms with van der Waals surface area (Å²) in [6.45, 7) is 1.93. The molecule has 0 saturated carbocycles. The number of anilines is 1. The van der Waals surface area contributed by atoms with Gasteiger partial charge in [0.2, 0.25) is 0 Å². The molecule has 5 aromatic rings. The van der Waals surface area contributed by atoms with E-state index in [4.69, 9.17) is 23.7 Å². The highest BCUT2D eigenvalue weighted by Gasteiger charge is 2.48. The first kappa shape index (κ1) is 33.1. The molecule has 1 fully saturated rings. The van der Waals surface area contributed by atoms with Gasteiger partial charge in [-0.1, -0.05) is 137 Å². The van der Waals surface area contributed by atoms with E-state index < -0.39 is 30.6 Å². The van der Waals surface area contributed by atoms with Crippen molar-refractivity contribution in [2.45, 2.75) is 57.1 Å². The summed E-state index contributed by atoms with van der Waals surface area (Å²) in [6, 6.07) is 48.3. The molecule has 0 aromatic heterocycles. The Bertz CT molecular complexity index is 1590. The van der Waals surface area contributed by atoms with Gasteiger partial charge in [0, 0.05) is 10.2 Å². The van der Waals surface area contributed by atoms with E-state index in [9.17, 15) is 0 Å². The second-order valence-corrected chi connectivity index (χ2v) is 12.5. The van der Waals surface area contributed by atoms with Crippen LogP contribution in [-0.4, -0.2) is 37.3 Å². The fraction of sp³-hybridized carbons (Fsp3) is 0.250. The molecule has 0 unspecified atom stereocenters. The van der Waals surface area contributed by atoms with E-state index in [-0.39, 0.29) is 0 Å². The number of rotatable bonds is 15. The third-order valence-electron chi connectivity index (χ3n) is 8.05. The van der Waals surface area contributed by atoms with E-state index in [2.05, 4.69) is 69.8 Å². The molecular weight excluding hydrogens is 654 g/mol. The first-order chi connectivity index (χ1) is 23.2. The van der Waals surface area contributed by atoms with Gasteiger partial charge in [-0.15, -0.1) is 0 Å². The molecule has 5 atom stereocenters. The molecule has 1 aliphatic heterocycles. The first-order valence-electron chi connectivity index (χ1n) is 16.0. The summed E-state index contributed by atoms with van der Waals surface area (Å²) < 4.78 is 34.3. The standard InChI is InChI=1S/C40H40BrNO5/c41-34-21-23-35(24-22-34)42-37-39(45-27-32-17-9-3-10-18-32)38(44-26-31-15-7-2-8-16-31)36(29-43-25-30-13-5-1-6-14-30)47-40(37)46-28-33-19-11-4-12-20-33/h1-24,36-40,42H,25-29H2/t36-,37-,38-,39-,40-/m1/s1. The maximum absolute atomic E-state index is 6.84. The minimum absolute atomic E-state index is 0.301. The van der Waals surface area contributed by atoms with Crippen molar-refractivity contribution >= 4 is 21.6 Å². The summed E-state index contributed by atoms with van der Waals surface area (Å²) >= 11 is 3.56. The minimum Gasteiger partial charge on any atom is -0.375 e. The van der Waals surface area contributed by atoms with Gasteiger partial charge in [-0.3, -0.25) is 0 Å². The maximum atomic E-state index is 6.84. The molecule has 1 aliphatic rings. The first-order valence-corrected chi connectivity index (χ1v) is 16.8. The molecule has 1 saturated heterocycles. The molecular formula is C40H40BrNO5. The Hall–Kier alpha value is -3.82. The van der Waals surface area contributed by atoms with Gasteiger partial charge in [-0.05, 0) is 46.5 Å². The highest BCUT2D eigenvalue weighted by Crippen LogP contribution is 2.32. The van der Waals surface area contributed by atoms with Gasteiger partial charge in [-0.2, -0.15) is 0 Å². The Balaban J connectivity index is 1.32. The Morgan fingerprint density at radius 2 is 0.957 bits per heavy atom. The fourth-order valence-electron chi connectivity index (χ4n) is 5.62. The lowest BCUT2D eigenvalue weighted by Gasteiger charge is -2.46.